The first kappa shape index (κ1) is 19.8. The molecular formula is C26H20N2O4. The third kappa shape index (κ3) is 2.92. The van der Waals surface area contributed by atoms with Crippen molar-refractivity contribution in [1.29, 1.82) is 0 Å². The Bertz CT molecular complexity index is 1300. The smallest absolute Gasteiger partial charge is 0.325 e. The zero-order valence-electron chi connectivity index (χ0n) is 17.4. The Morgan fingerprint density at radius 2 is 1.44 bits per heavy atom. The van der Waals surface area contributed by atoms with Crippen molar-refractivity contribution in [2.45, 2.75) is 12.5 Å². The van der Waals surface area contributed by atoms with Gasteiger partial charge in [-0.2, -0.15) is 0 Å². The highest BCUT2D eigenvalue weighted by atomic mass is 16.3. The van der Waals surface area contributed by atoms with Gasteiger partial charge >= 0.3 is 6.03 Å². The van der Waals surface area contributed by atoms with Crippen LogP contribution >= 0.6 is 0 Å². The fraction of sp³-hybridized carbons (Fsp3) is 0.115. The maximum atomic E-state index is 13.7. The van der Waals surface area contributed by atoms with Gasteiger partial charge in [0, 0.05) is 10.9 Å². The number of hydrogen-bond acceptors (Lipinski definition) is 4. The van der Waals surface area contributed by atoms with Gasteiger partial charge in [-0.15, -0.1) is 0 Å². The molecule has 1 aliphatic rings. The Morgan fingerprint density at radius 1 is 0.875 bits per heavy atom. The Hall–Kier alpha value is -4.19. The number of carbonyl (C=O) groups excluding carboxylic acids is 3. The van der Waals surface area contributed by atoms with E-state index in [0.717, 1.165) is 10.3 Å². The quantitative estimate of drug-likeness (QED) is 0.380. The van der Waals surface area contributed by atoms with E-state index in [9.17, 15) is 14.4 Å². The highest BCUT2D eigenvalue weighted by Gasteiger charge is 2.54. The molecule has 1 aromatic heterocycles. The molecule has 6 heteroatoms. The number of imide groups is 1. The van der Waals surface area contributed by atoms with Gasteiger partial charge in [0.05, 0.1) is 6.54 Å². The number of ketones is 1. The lowest BCUT2D eigenvalue weighted by Crippen LogP contribution is -2.45. The molecule has 0 bridgehead atoms. The zero-order chi connectivity index (χ0) is 22.3. The topological polar surface area (TPSA) is 79.6 Å². The molecule has 0 saturated carbocycles. The molecule has 0 unspecified atom stereocenters. The lowest BCUT2D eigenvalue weighted by molar-refractivity contribution is -0.129. The van der Waals surface area contributed by atoms with Gasteiger partial charge in [-0.1, -0.05) is 78.9 Å². The van der Waals surface area contributed by atoms with E-state index in [4.69, 9.17) is 4.42 Å². The maximum absolute atomic E-state index is 13.7. The van der Waals surface area contributed by atoms with Crippen molar-refractivity contribution in [3.63, 3.8) is 0 Å². The number of benzene rings is 3. The first-order valence-electron chi connectivity index (χ1n) is 10.3. The van der Waals surface area contributed by atoms with Crippen LogP contribution in [0.4, 0.5) is 4.79 Å². The van der Waals surface area contributed by atoms with E-state index in [1.54, 1.807) is 37.3 Å². The van der Waals surface area contributed by atoms with E-state index in [1.807, 2.05) is 54.6 Å². The minimum absolute atomic E-state index is 0.156. The third-order valence-corrected chi connectivity index (χ3v) is 5.92. The SMILES string of the molecule is Cc1c(C(=O)CN2C(=O)NC(c3ccccc3)(c3ccccc3)C2=O)oc2ccccc12. The Labute approximate surface area is 184 Å². The van der Waals surface area contributed by atoms with Crippen molar-refractivity contribution < 1.29 is 18.8 Å². The molecule has 1 aliphatic heterocycles. The number of urea groups is 1. The molecule has 3 amide bonds. The van der Waals surface area contributed by atoms with Crippen LogP contribution in [0.25, 0.3) is 11.0 Å². The van der Waals surface area contributed by atoms with Crippen LogP contribution in [0.2, 0.25) is 0 Å². The van der Waals surface area contributed by atoms with Crippen LogP contribution in [0.15, 0.2) is 89.3 Å². The van der Waals surface area contributed by atoms with Gasteiger partial charge in [-0.3, -0.25) is 14.5 Å². The summed E-state index contributed by atoms with van der Waals surface area (Å²) in [7, 11) is 0. The Kier molecular flexibility index (Phi) is 4.63. The Morgan fingerprint density at radius 3 is 2.03 bits per heavy atom. The predicted octanol–water partition coefficient (Wildman–Crippen LogP) is 4.42. The second-order valence-corrected chi connectivity index (χ2v) is 7.78. The largest absolute Gasteiger partial charge is 0.453 e. The van der Waals surface area contributed by atoms with Gasteiger partial charge in [0.25, 0.3) is 5.91 Å². The summed E-state index contributed by atoms with van der Waals surface area (Å²) >= 11 is 0. The molecule has 32 heavy (non-hydrogen) atoms. The molecular weight excluding hydrogens is 404 g/mol. The number of fused-ring (bicyclic) bond motifs is 1. The molecule has 4 aromatic rings. The standard InChI is InChI=1S/C26H20N2O4/c1-17-20-14-8-9-15-22(20)32-23(17)21(29)16-28-24(30)26(27-25(28)31,18-10-4-2-5-11-18)19-12-6-3-7-13-19/h2-15H,16H2,1H3,(H,27,31). The highest BCUT2D eigenvalue weighted by molar-refractivity contribution is 6.13. The Balaban J connectivity index is 1.53. The van der Waals surface area contributed by atoms with Crippen molar-refractivity contribution in [2.75, 3.05) is 6.54 Å². The van der Waals surface area contributed by atoms with E-state index in [-0.39, 0.29) is 5.76 Å². The van der Waals surface area contributed by atoms with Gasteiger partial charge in [-0.05, 0) is 24.1 Å². The van der Waals surface area contributed by atoms with Crippen molar-refractivity contribution in [3.8, 4) is 0 Å². The second kappa shape index (κ2) is 7.50. The molecule has 6 nitrogen and oxygen atoms in total. The molecule has 3 aromatic carbocycles. The number of nitrogens with one attached hydrogen (secondary N) is 1. The summed E-state index contributed by atoms with van der Waals surface area (Å²) < 4.78 is 5.74. The van der Waals surface area contributed by atoms with Crippen molar-refractivity contribution in [1.82, 2.24) is 10.2 Å². The monoisotopic (exact) mass is 424 g/mol. The second-order valence-electron chi connectivity index (χ2n) is 7.78. The van der Waals surface area contributed by atoms with Gasteiger partial charge in [0.2, 0.25) is 5.78 Å². The summed E-state index contributed by atoms with van der Waals surface area (Å²) in [5.74, 6) is -0.773. The molecule has 1 fully saturated rings. The number of nitrogens with zero attached hydrogens (tertiary/aromatic N) is 1. The van der Waals surface area contributed by atoms with E-state index < -0.39 is 29.8 Å². The molecule has 0 aliphatic carbocycles. The summed E-state index contributed by atoms with van der Waals surface area (Å²) in [6.45, 7) is 1.38. The third-order valence-electron chi connectivity index (χ3n) is 5.92. The first-order valence-corrected chi connectivity index (χ1v) is 10.3. The summed E-state index contributed by atoms with van der Waals surface area (Å²) in [6.07, 6.45) is 0. The average molecular weight is 424 g/mol. The van der Waals surface area contributed by atoms with Crippen molar-refractivity contribution in [3.05, 3.63) is 107 Å². The average Bonchev–Trinajstić information content (AvgIpc) is 3.30. The first-order chi connectivity index (χ1) is 15.5. The van der Waals surface area contributed by atoms with Gasteiger partial charge < -0.3 is 9.73 Å². The minimum Gasteiger partial charge on any atom is -0.453 e. The number of rotatable bonds is 5. The van der Waals surface area contributed by atoms with Crippen LogP contribution in [0.1, 0.15) is 27.2 Å². The highest BCUT2D eigenvalue weighted by Crippen LogP contribution is 2.36. The summed E-state index contributed by atoms with van der Waals surface area (Å²) in [6, 6.07) is 24.8. The molecule has 5 rings (SSSR count). The number of amides is 3. The van der Waals surface area contributed by atoms with Gasteiger partial charge in [0.1, 0.15) is 5.58 Å². The number of para-hydroxylation sites is 1. The molecule has 1 N–H and O–H groups in total. The number of hydrogen-bond donors (Lipinski definition) is 1. The molecule has 0 atom stereocenters. The van der Waals surface area contributed by atoms with E-state index in [1.165, 1.54) is 0 Å². The van der Waals surface area contributed by atoms with Crippen LogP contribution in [0.3, 0.4) is 0 Å². The van der Waals surface area contributed by atoms with Crippen LogP contribution in [-0.4, -0.2) is 29.2 Å². The zero-order valence-corrected chi connectivity index (χ0v) is 17.4. The summed E-state index contributed by atoms with van der Waals surface area (Å²) in [4.78, 5) is 40.8. The van der Waals surface area contributed by atoms with Crippen LogP contribution in [-0.2, 0) is 10.3 Å². The summed E-state index contributed by atoms with van der Waals surface area (Å²) in [5.41, 5.74) is 1.13. The molecule has 0 radical (unpaired) electrons. The fourth-order valence-corrected chi connectivity index (χ4v) is 4.31. The van der Waals surface area contributed by atoms with E-state index >= 15 is 0 Å². The molecule has 2 heterocycles. The number of furan rings is 1. The van der Waals surface area contributed by atoms with E-state index in [0.29, 0.717) is 22.3 Å². The summed E-state index contributed by atoms with van der Waals surface area (Å²) in [5, 5.41) is 3.68. The van der Waals surface area contributed by atoms with Crippen LogP contribution < -0.4 is 5.32 Å². The van der Waals surface area contributed by atoms with Crippen LogP contribution in [0, 0.1) is 6.92 Å². The number of aryl methyl sites for hydroxylation is 1. The molecule has 158 valence electrons. The van der Waals surface area contributed by atoms with Crippen LogP contribution in [0.5, 0.6) is 0 Å². The maximum Gasteiger partial charge on any atom is 0.325 e. The molecule has 1 saturated heterocycles. The minimum atomic E-state index is -1.40. The lowest BCUT2D eigenvalue weighted by atomic mass is 9.82. The predicted molar refractivity (Wildman–Crippen MR) is 119 cm³/mol. The van der Waals surface area contributed by atoms with Gasteiger partial charge in [0.15, 0.2) is 11.3 Å². The lowest BCUT2D eigenvalue weighted by Gasteiger charge is -2.27. The molecule has 0 spiro atoms. The fourth-order valence-electron chi connectivity index (χ4n) is 4.31. The van der Waals surface area contributed by atoms with E-state index in [2.05, 4.69) is 5.32 Å². The van der Waals surface area contributed by atoms with Gasteiger partial charge in [-0.25, -0.2) is 4.79 Å². The van der Waals surface area contributed by atoms with Crippen molar-refractivity contribution >= 4 is 28.7 Å². The van der Waals surface area contributed by atoms with Crippen molar-refractivity contribution in [2.24, 2.45) is 0 Å². The number of Topliss-reactive ketones (excluding diaryl/α,β-unsaturated/α-hetero) is 1. The number of carbonyl (C=O) groups is 3. The normalized spacial score (nSPS) is 15.2.